The van der Waals surface area contributed by atoms with Crippen molar-refractivity contribution in [2.45, 2.75) is 52.9 Å². The summed E-state index contributed by atoms with van der Waals surface area (Å²) < 4.78 is 0. The Bertz CT molecular complexity index is 432. The van der Waals surface area contributed by atoms with Crippen LogP contribution in [0.4, 0.5) is 5.82 Å². The Hall–Kier alpha value is -1.58. The fourth-order valence-electron chi connectivity index (χ4n) is 2.18. The van der Waals surface area contributed by atoms with Gasteiger partial charge in [0.2, 0.25) is 0 Å². The maximum Gasteiger partial charge on any atom is 0.335 e. The number of rotatable bonds is 9. The molecule has 0 spiro atoms. The van der Waals surface area contributed by atoms with Gasteiger partial charge in [0.1, 0.15) is 5.82 Å². The Morgan fingerprint density at radius 1 is 1.35 bits per heavy atom. The fourth-order valence-corrected chi connectivity index (χ4v) is 2.18. The lowest BCUT2D eigenvalue weighted by molar-refractivity contribution is 0.0696. The van der Waals surface area contributed by atoms with Crippen LogP contribution in [0.3, 0.4) is 0 Å². The van der Waals surface area contributed by atoms with Crippen LogP contribution in [0.2, 0.25) is 0 Å². The van der Waals surface area contributed by atoms with Gasteiger partial charge < -0.3 is 10.4 Å². The Morgan fingerprint density at radius 2 is 2.10 bits per heavy atom. The van der Waals surface area contributed by atoms with Crippen molar-refractivity contribution < 1.29 is 9.90 Å². The molecule has 0 bridgehead atoms. The number of pyridine rings is 1. The van der Waals surface area contributed by atoms with Gasteiger partial charge in [-0.1, -0.05) is 40.0 Å². The third kappa shape index (κ3) is 5.19. The van der Waals surface area contributed by atoms with Crippen molar-refractivity contribution >= 4 is 11.8 Å². The molecule has 4 heteroatoms. The van der Waals surface area contributed by atoms with Crippen LogP contribution >= 0.6 is 0 Å². The topological polar surface area (TPSA) is 62.2 Å². The van der Waals surface area contributed by atoms with Crippen LogP contribution < -0.4 is 5.32 Å². The molecule has 4 nitrogen and oxygen atoms in total. The monoisotopic (exact) mass is 278 g/mol. The lowest BCUT2D eigenvalue weighted by Gasteiger charge is -2.16. The van der Waals surface area contributed by atoms with E-state index in [0.717, 1.165) is 25.1 Å². The summed E-state index contributed by atoms with van der Waals surface area (Å²) >= 11 is 0. The molecular weight excluding hydrogens is 252 g/mol. The number of nitrogens with zero attached hydrogens (tertiary/aromatic N) is 1. The van der Waals surface area contributed by atoms with Gasteiger partial charge in [0.05, 0.1) is 5.56 Å². The number of aromatic carboxylic acids is 1. The summed E-state index contributed by atoms with van der Waals surface area (Å²) in [4.78, 5) is 15.5. The summed E-state index contributed by atoms with van der Waals surface area (Å²) in [5.74, 6) is 0.398. The molecule has 0 aliphatic carbocycles. The molecule has 0 saturated heterocycles. The Labute approximate surface area is 121 Å². The molecule has 0 saturated carbocycles. The Balaban J connectivity index is 2.70. The summed E-state index contributed by atoms with van der Waals surface area (Å²) in [6.45, 7) is 7.23. The van der Waals surface area contributed by atoms with E-state index in [4.69, 9.17) is 5.11 Å². The molecule has 1 aromatic heterocycles. The number of carboxylic acid groups (broad SMARTS) is 1. The fraction of sp³-hybridized carbons (Fsp3) is 0.625. The van der Waals surface area contributed by atoms with E-state index in [2.05, 4.69) is 24.1 Å². The average Bonchev–Trinajstić information content (AvgIpc) is 2.47. The van der Waals surface area contributed by atoms with Crippen molar-refractivity contribution in [2.75, 3.05) is 11.9 Å². The average molecular weight is 278 g/mol. The first-order chi connectivity index (χ1) is 9.60. The molecular formula is C16H26N2O2. The van der Waals surface area contributed by atoms with Crippen molar-refractivity contribution in [1.82, 2.24) is 4.98 Å². The van der Waals surface area contributed by atoms with E-state index in [1.165, 1.54) is 19.3 Å². The number of carboxylic acids is 1. The number of nitrogens with one attached hydrogen (secondary N) is 1. The van der Waals surface area contributed by atoms with E-state index in [1.807, 2.05) is 6.92 Å². The number of aryl methyl sites for hydroxylation is 1. The maximum absolute atomic E-state index is 11.1. The Kier molecular flexibility index (Phi) is 7.05. The van der Waals surface area contributed by atoms with Gasteiger partial charge in [-0.3, -0.25) is 0 Å². The summed E-state index contributed by atoms with van der Waals surface area (Å²) in [5, 5.41) is 12.4. The predicted octanol–water partition coefficient (Wildman–Crippen LogP) is 3.97. The van der Waals surface area contributed by atoms with Crippen LogP contribution in [0, 0.1) is 5.92 Å². The lowest BCUT2D eigenvalue weighted by atomic mass is 9.99. The third-order valence-corrected chi connectivity index (χ3v) is 3.60. The quantitative estimate of drug-likeness (QED) is 0.717. The molecule has 0 fully saturated rings. The molecule has 1 atom stereocenters. The highest BCUT2D eigenvalue weighted by molar-refractivity contribution is 5.88. The third-order valence-electron chi connectivity index (χ3n) is 3.60. The zero-order valence-electron chi connectivity index (χ0n) is 12.8. The second kappa shape index (κ2) is 8.56. The number of carbonyl (C=O) groups is 1. The van der Waals surface area contributed by atoms with Crippen molar-refractivity contribution in [2.24, 2.45) is 5.92 Å². The van der Waals surface area contributed by atoms with Gasteiger partial charge in [0, 0.05) is 12.2 Å². The molecule has 1 aromatic rings. The number of aromatic nitrogens is 1. The van der Waals surface area contributed by atoms with E-state index in [-0.39, 0.29) is 0 Å². The van der Waals surface area contributed by atoms with Crippen molar-refractivity contribution in [3.05, 3.63) is 23.4 Å². The lowest BCUT2D eigenvalue weighted by Crippen LogP contribution is -2.15. The molecule has 1 rings (SSSR count). The van der Waals surface area contributed by atoms with Crippen LogP contribution in [0.25, 0.3) is 0 Å². The number of hydrogen-bond acceptors (Lipinski definition) is 3. The molecule has 1 unspecified atom stereocenters. The van der Waals surface area contributed by atoms with E-state index < -0.39 is 5.97 Å². The minimum atomic E-state index is -0.900. The van der Waals surface area contributed by atoms with E-state index in [1.54, 1.807) is 12.1 Å². The number of hydrogen-bond donors (Lipinski definition) is 2. The van der Waals surface area contributed by atoms with Crippen LogP contribution in [-0.2, 0) is 6.42 Å². The molecule has 1 heterocycles. The highest BCUT2D eigenvalue weighted by Crippen LogP contribution is 2.16. The maximum atomic E-state index is 11.1. The molecule has 20 heavy (non-hydrogen) atoms. The first-order valence-corrected chi connectivity index (χ1v) is 7.58. The largest absolute Gasteiger partial charge is 0.478 e. The first-order valence-electron chi connectivity index (χ1n) is 7.58. The van der Waals surface area contributed by atoms with Gasteiger partial charge in [0.15, 0.2) is 0 Å². The van der Waals surface area contributed by atoms with Crippen molar-refractivity contribution in [3.63, 3.8) is 0 Å². The minimum absolute atomic E-state index is 0.306. The normalized spacial score (nSPS) is 12.2. The van der Waals surface area contributed by atoms with Crippen molar-refractivity contribution in [3.8, 4) is 0 Å². The minimum Gasteiger partial charge on any atom is -0.478 e. The highest BCUT2D eigenvalue weighted by Gasteiger charge is 2.10. The summed E-state index contributed by atoms with van der Waals surface area (Å²) in [6.07, 6.45) is 5.53. The Morgan fingerprint density at radius 3 is 2.65 bits per heavy atom. The zero-order chi connectivity index (χ0) is 15.0. The van der Waals surface area contributed by atoms with Gasteiger partial charge in [-0.05, 0) is 30.9 Å². The summed E-state index contributed by atoms with van der Waals surface area (Å²) in [6, 6.07) is 3.26. The molecule has 0 aliphatic rings. The van der Waals surface area contributed by atoms with Gasteiger partial charge in [-0.25, -0.2) is 9.78 Å². The van der Waals surface area contributed by atoms with Crippen LogP contribution in [-0.4, -0.2) is 22.6 Å². The molecule has 0 amide bonds. The van der Waals surface area contributed by atoms with Crippen LogP contribution in [0.15, 0.2) is 12.1 Å². The second-order valence-electron chi connectivity index (χ2n) is 5.19. The molecule has 2 N–H and O–H groups in total. The molecule has 0 aliphatic heterocycles. The van der Waals surface area contributed by atoms with Crippen molar-refractivity contribution in [1.29, 1.82) is 0 Å². The standard InChI is InChI=1S/C16H26N2O2/c1-4-7-8-12(5-2)11-17-15-10-13(16(19)20)9-14(6-3)18-15/h9-10,12H,4-8,11H2,1-3H3,(H,17,18)(H,19,20). The van der Waals surface area contributed by atoms with E-state index in [9.17, 15) is 4.79 Å². The van der Waals surface area contributed by atoms with Crippen LogP contribution in [0.1, 0.15) is 62.5 Å². The van der Waals surface area contributed by atoms with Gasteiger partial charge in [0.25, 0.3) is 0 Å². The van der Waals surface area contributed by atoms with Gasteiger partial charge >= 0.3 is 5.97 Å². The van der Waals surface area contributed by atoms with E-state index in [0.29, 0.717) is 17.3 Å². The number of anilines is 1. The summed E-state index contributed by atoms with van der Waals surface area (Å²) in [7, 11) is 0. The SMILES string of the molecule is CCCCC(CC)CNc1cc(C(=O)O)cc(CC)n1. The number of unbranched alkanes of at least 4 members (excludes halogenated alkanes) is 1. The van der Waals surface area contributed by atoms with Gasteiger partial charge in [-0.15, -0.1) is 0 Å². The molecule has 112 valence electrons. The highest BCUT2D eigenvalue weighted by atomic mass is 16.4. The molecule has 0 aromatic carbocycles. The van der Waals surface area contributed by atoms with E-state index >= 15 is 0 Å². The molecule has 0 radical (unpaired) electrons. The second-order valence-corrected chi connectivity index (χ2v) is 5.19. The van der Waals surface area contributed by atoms with Crippen LogP contribution in [0.5, 0.6) is 0 Å². The smallest absolute Gasteiger partial charge is 0.335 e. The summed E-state index contributed by atoms with van der Waals surface area (Å²) in [5.41, 5.74) is 1.12. The van der Waals surface area contributed by atoms with Gasteiger partial charge in [-0.2, -0.15) is 0 Å². The zero-order valence-corrected chi connectivity index (χ0v) is 12.8. The first kappa shape index (κ1) is 16.5. The predicted molar refractivity (Wildman–Crippen MR) is 82.4 cm³/mol.